The van der Waals surface area contributed by atoms with Crippen LogP contribution < -0.4 is 20.1 Å². The van der Waals surface area contributed by atoms with Crippen LogP contribution in [0.25, 0.3) is 0 Å². The van der Waals surface area contributed by atoms with Crippen molar-refractivity contribution in [3.63, 3.8) is 0 Å². The zero-order valence-electron chi connectivity index (χ0n) is 21.7. The highest BCUT2D eigenvalue weighted by atomic mass is 32.2. The van der Waals surface area contributed by atoms with E-state index in [9.17, 15) is 18.0 Å². The van der Waals surface area contributed by atoms with Crippen LogP contribution in [0.1, 0.15) is 57.4 Å². The molecular weight excluding hydrogens is 490 g/mol. The van der Waals surface area contributed by atoms with E-state index >= 15 is 0 Å². The van der Waals surface area contributed by atoms with Crippen molar-refractivity contribution in [1.82, 2.24) is 10.6 Å². The highest BCUT2D eigenvalue weighted by molar-refractivity contribution is 7.92. The molecule has 2 aromatic carbocycles. The van der Waals surface area contributed by atoms with Crippen LogP contribution in [0.3, 0.4) is 0 Å². The zero-order chi connectivity index (χ0) is 26.7. The first kappa shape index (κ1) is 28.5. The molecule has 1 fully saturated rings. The second-order valence-electron chi connectivity index (χ2n) is 9.83. The fourth-order valence-electron chi connectivity index (χ4n) is 4.86. The molecule has 202 valence electrons. The van der Waals surface area contributed by atoms with E-state index in [-0.39, 0.29) is 17.6 Å². The summed E-state index contributed by atoms with van der Waals surface area (Å²) in [7, 11) is -2.23. The van der Waals surface area contributed by atoms with Gasteiger partial charge in [-0.15, -0.1) is 0 Å². The number of hydrogen-bond acceptors (Lipinski definition) is 5. The predicted octanol–water partition coefficient (Wildman–Crippen LogP) is 4.03. The normalized spacial score (nSPS) is 15.8. The number of hydrogen-bond donors (Lipinski definition) is 3. The molecule has 0 saturated heterocycles. The molecule has 3 N–H and O–H groups in total. The molecule has 1 saturated carbocycles. The maximum Gasteiger partial charge on any atom is 0.242 e. The smallest absolute Gasteiger partial charge is 0.242 e. The summed E-state index contributed by atoms with van der Waals surface area (Å²) in [4.78, 5) is 25.2. The number of nitrogens with one attached hydrogen (secondary N) is 3. The van der Waals surface area contributed by atoms with Gasteiger partial charge in [0.15, 0.2) is 0 Å². The van der Waals surface area contributed by atoms with Gasteiger partial charge in [-0.25, -0.2) is 8.42 Å². The van der Waals surface area contributed by atoms with Crippen molar-refractivity contribution in [2.45, 2.75) is 70.4 Å². The van der Waals surface area contributed by atoms with Crippen molar-refractivity contribution in [3.05, 3.63) is 60.2 Å². The van der Waals surface area contributed by atoms with Gasteiger partial charge < -0.3 is 15.4 Å². The molecule has 37 heavy (non-hydrogen) atoms. The Kier molecular flexibility index (Phi) is 10.8. The number of aryl methyl sites for hydroxylation is 1. The van der Waals surface area contributed by atoms with E-state index in [1.54, 1.807) is 31.4 Å². The lowest BCUT2D eigenvalue weighted by Gasteiger charge is -2.28. The van der Waals surface area contributed by atoms with Gasteiger partial charge in [-0.05, 0) is 55.0 Å². The molecule has 2 amide bonds. The van der Waals surface area contributed by atoms with Crippen molar-refractivity contribution in [2.75, 3.05) is 17.6 Å². The first-order valence-electron chi connectivity index (χ1n) is 13.0. The predicted molar refractivity (Wildman–Crippen MR) is 146 cm³/mol. The average molecular weight is 530 g/mol. The van der Waals surface area contributed by atoms with Crippen LogP contribution in [-0.2, 0) is 26.0 Å². The Morgan fingerprint density at radius 3 is 2.27 bits per heavy atom. The standard InChI is InChI=1S/C28H39N3O5S/c1-21(32)29-27(19-23-11-7-4-8-12-23)28(33)30-25(14-13-22-9-5-3-6-10-22)20-37(34,35)31-24-15-17-26(36-2)18-16-24/h3,5-6,9-10,15-18,23,25,27,31H,4,7-8,11-14,19-20H2,1-2H3,(H,29,32)(H,30,33). The molecule has 3 rings (SSSR count). The van der Waals surface area contributed by atoms with Gasteiger partial charge in [-0.1, -0.05) is 62.4 Å². The molecule has 8 nitrogen and oxygen atoms in total. The summed E-state index contributed by atoms with van der Waals surface area (Å²) in [5.74, 6) is 0.106. The maximum atomic E-state index is 13.3. The molecule has 0 radical (unpaired) electrons. The number of benzene rings is 2. The van der Waals surface area contributed by atoms with Gasteiger partial charge >= 0.3 is 0 Å². The van der Waals surface area contributed by atoms with Crippen LogP contribution in [0, 0.1) is 5.92 Å². The Hall–Kier alpha value is -3.07. The average Bonchev–Trinajstić information content (AvgIpc) is 2.88. The van der Waals surface area contributed by atoms with Crippen LogP contribution >= 0.6 is 0 Å². The third-order valence-electron chi connectivity index (χ3n) is 6.74. The minimum atomic E-state index is -3.77. The zero-order valence-corrected chi connectivity index (χ0v) is 22.6. The van der Waals surface area contributed by atoms with E-state index < -0.39 is 22.1 Å². The maximum absolute atomic E-state index is 13.3. The second-order valence-corrected chi connectivity index (χ2v) is 11.6. The van der Waals surface area contributed by atoms with Gasteiger partial charge in [0, 0.05) is 18.7 Å². The summed E-state index contributed by atoms with van der Waals surface area (Å²) < 4.78 is 33.8. The Morgan fingerprint density at radius 1 is 0.973 bits per heavy atom. The molecule has 0 aromatic heterocycles. The van der Waals surface area contributed by atoms with E-state index in [0.29, 0.717) is 36.6 Å². The number of rotatable bonds is 13. The quantitative estimate of drug-likeness (QED) is 0.363. The largest absolute Gasteiger partial charge is 0.497 e. The van der Waals surface area contributed by atoms with E-state index in [1.165, 1.54) is 13.3 Å². The van der Waals surface area contributed by atoms with Crippen molar-refractivity contribution < 1.29 is 22.7 Å². The van der Waals surface area contributed by atoms with E-state index in [1.807, 2.05) is 30.3 Å². The van der Waals surface area contributed by atoms with Crippen LogP contribution in [0.5, 0.6) is 5.75 Å². The number of amides is 2. The number of ether oxygens (including phenoxy) is 1. The van der Waals surface area contributed by atoms with Gasteiger partial charge in [0.05, 0.1) is 12.9 Å². The van der Waals surface area contributed by atoms with Gasteiger partial charge in [-0.2, -0.15) is 0 Å². The van der Waals surface area contributed by atoms with Gasteiger partial charge in [0.1, 0.15) is 11.8 Å². The highest BCUT2D eigenvalue weighted by Crippen LogP contribution is 2.27. The van der Waals surface area contributed by atoms with Gasteiger partial charge in [-0.3, -0.25) is 14.3 Å². The van der Waals surface area contributed by atoms with Gasteiger partial charge in [0.2, 0.25) is 21.8 Å². The van der Waals surface area contributed by atoms with Crippen molar-refractivity contribution >= 4 is 27.5 Å². The van der Waals surface area contributed by atoms with Crippen LogP contribution in [0.15, 0.2) is 54.6 Å². The van der Waals surface area contributed by atoms with Crippen molar-refractivity contribution in [3.8, 4) is 5.75 Å². The topological polar surface area (TPSA) is 114 Å². The molecule has 0 bridgehead atoms. The summed E-state index contributed by atoms with van der Waals surface area (Å²) >= 11 is 0. The van der Waals surface area contributed by atoms with E-state index in [2.05, 4.69) is 15.4 Å². The van der Waals surface area contributed by atoms with Crippen molar-refractivity contribution in [1.29, 1.82) is 0 Å². The Labute approximate surface area is 220 Å². The van der Waals surface area contributed by atoms with E-state index in [4.69, 9.17) is 4.74 Å². The number of sulfonamides is 1. The first-order valence-corrected chi connectivity index (χ1v) is 14.7. The third-order valence-corrected chi connectivity index (χ3v) is 8.13. The molecular formula is C28H39N3O5S. The first-order chi connectivity index (χ1) is 17.7. The monoisotopic (exact) mass is 529 g/mol. The number of anilines is 1. The van der Waals surface area contributed by atoms with Crippen LogP contribution in [0.4, 0.5) is 5.69 Å². The SMILES string of the molecule is COc1ccc(NS(=O)(=O)CC(CCc2ccccc2)NC(=O)C(CC2CCCCC2)NC(C)=O)cc1. The Morgan fingerprint density at radius 2 is 1.65 bits per heavy atom. The molecule has 0 aliphatic heterocycles. The fourth-order valence-corrected chi connectivity index (χ4v) is 6.22. The summed E-state index contributed by atoms with van der Waals surface area (Å²) in [6.45, 7) is 1.40. The molecule has 2 atom stereocenters. The summed E-state index contributed by atoms with van der Waals surface area (Å²) in [6.07, 6.45) is 7.17. The minimum Gasteiger partial charge on any atom is -0.497 e. The lowest BCUT2D eigenvalue weighted by molar-refractivity contribution is -0.129. The van der Waals surface area contributed by atoms with Gasteiger partial charge in [0.25, 0.3) is 0 Å². The Bertz CT molecular complexity index is 1100. The number of carbonyl (C=O) groups is 2. The molecule has 2 unspecified atom stereocenters. The van der Waals surface area contributed by atoms with Crippen LogP contribution in [0.2, 0.25) is 0 Å². The summed E-state index contributed by atoms with van der Waals surface area (Å²) in [6, 6.07) is 15.0. The molecule has 0 spiro atoms. The number of carbonyl (C=O) groups excluding carboxylic acids is 2. The third kappa shape index (κ3) is 10.1. The molecule has 2 aromatic rings. The molecule has 1 aliphatic rings. The van der Waals surface area contributed by atoms with Crippen molar-refractivity contribution in [2.24, 2.45) is 5.92 Å². The molecule has 9 heteroatoms. The van der Waals surface area contributed by atoms with E-state index in [0.717, 1.165) is 31.2 Å². The lowest BCUT2D eigenvalue weighted by Crippen LogP contribution is -2.51. The number of methoxy groups -OCH3 is 1. The minimum absolute atomic E-state index is 0.273. The fraction of sp³-hybridized carbons (Fsp3) is 0.500. The second kappa shape index (κ2) is 14.0. The molecule has 0 heterocycles. The molecule has 1 aliphatic carbocycles. The summed E-state index contributed by atoms with van der Waals surface area (Å²) in [5, 5.41) is 5.74. The summed E-state index contributed by atoms with van der Waals surface area (Å²) in [5.41, 5.74) is 1.48. The van der Waals surface area contributed by atoms with Crippen LogP contribution in [-0.4, -0.2) is 45.2 Å². The Balaban J connectivity index is 1.71. The lowest BCUT2D eigenvalue weighted by atomic mass is 9.84. The highest BCUT2D eigenvalue weighted by Gasteiger charge is 2.28.